The third kappa shape index (κ3) is 3.10. The lowest BCUT2D eigenvalue weighted by Crippen LogP contribution is -2.19. The number of nitrogens with one attached hydrogen (secondary N) is 1. The van der Waals surface area contributed by atoms with Gasteiger partial charge < -0.3 is 19.5 Å². The first-order valence-electron chi connectivity index (χ1n) is 6.57. The summed E-state index contributed by atoms with van der Waals surface area (Å²) in [6.45, 7) is 2.63. The van der Waals surface area contributed by atoms with Crippen LogP contribution >= 0.6 is 0 Å². The molecule has 0 spiro atoms. The third-order valence-electron chi connectivity index (χ3n) is 2.80. The predicted molar refractivity (Wildman–Crippen MR) is 76.3 cm³/mol. The maximum absolute atomic E-state index is 11.9. The number of ether oxygens (including phenoxy) is 3. The van der Waals surface area contributed by atoms with Crippen LogP contribution in [0.1, 0.15) is 17.3 Å². The summed E-state index contributed by atoms with van der Waals surface area (Å²) >= 11 is 0. The number of benzene rings is 1. The van der Waals surface area contributed by atoms with E-state index in [0.29, 0.717) is 30.4 Å². The maximum atomic E-state index is 11.9. The molecule has 0 aliphatic carbocycles. The molecule has 0 unspecified atom stereocenters. The molecule has 0 amide bonds. The lowest BCUT2D eigenvalue weighted by Gasteiger charge is -2.22. The first kappa shape index (κ1) is 15.2. The molecule has 0 aromatic heterocycles. The molecule has 2 rings (SSSR count). The van der Waals surface area contributed by atoms with Gasteiger partial charge in [-0.15, -0.1) is 0 Å². The molecule has 0 bridgehead atoms. The van der Waals surface area contributed by atoms with Gasteiger partial charge in [0.1, 0.15) is 36.5 Å². The Labute approximate surface area is 127 Å². The fourth-order valence-corrected chi connectivity index (χ4v) is 1.86. The second-order valence-electron chi connectivity index (χ2n) is 4.16. The Morgan fingerprint density at radius 3 is 2.64 bits per heavy atom. The molecule has 0 saturated carbocycles. The van der Waals surface area contributed by atoms with Crippen LogP contribution in [0.3, 0.4) is 0 Å². The summed E-state index contributed by atoms with van der Waals surface area (Å²) in [6, 6.07) is 6.62. The first-order chi connectivity index (χ1) is 10.7. The van der Waals surface area contributed by atoms with Gasteiger partial charge in [-0.1, -0.05) is 0 Å². The highest BCUT2D eigenvalue weighted by atomic mass is 16.6. The van der Waals surface area contributed by atoms with Gasteiger partial charge in [0.25, 0.3) is 0 Å². The van der Waals surface area contributed by atoms with E-state index in [1.807, 2.05) is 0 Å². The van der Waals surface area contributed by atoms with E-state index in [-0.39, 0.29) is 17.7 Å². The minimum absolute atomic E-state index is 0.0834. The summed E-state index contributed by atoms with van der Waals surface area (Å²) in [6.07, 6.45) is 1.26. The minimum Gasteiger partial charge on any atom is -0.485 e. The largest absolute Gasteiger partial charge is 0.485 e. The van der Waals surface area contributed by atoms with Crippen molar-refractivity contribution in [3.63, 3.8) is 0 Å². The third-order valence-corrected chi connectivity index (χ3v) is 2.80. The number of nitrogens with zero attached hydrogens (tertiary/aromatic N) is 2. The van der Waals surface area contributed by atoms with Crippen molar-refractivity contribution in [2.45, 2.75) is 6.92 Å². The summed E-state index contributed by atoms with van der Waals surface area (Å²) in [5.74, 6) is 0.142. The number of fused-ring (bicyclic) bond motifs is 1. The van der Waals surface area contributed by atoms with E-state index in [4.69, 9.17) is 24.7 Å². The van der Waals surface area contributed by atoms with E-state index in [2.05, 4.69) is 5.32 Å². The predicted octanol–water partition coefficient (Wildman–Crippen LogP) is 1.98. The zero-order chi connectivity index (χ0) is 15.9. The molecule has 0 radical (unpaired) electrons. The number of allylic oxidation sites excluding steroid dienone is 1. The van der Waals surface area contributed by atoms with Gasteiger partial charge in [0.2, 0.25) is 0 Å². The first-order valence-corrected chi connectivity index (χ1v) is 6.57. The Bertz CT molecular complexity index is 682. The Morgan fingerprint density at radius 2 is 2.00 bits per heavy atom. The molecule has 1 aromatic carbocycles. The van der Waals surface area contributed by atoms with E-state index in [1.165, 1.54) is 6.20 Å². The molecule has 112 valence electrons. The fourth-order valence-electron chi connectivity index (χ4n) is 1.86. The maximum Gasteiger partial charge on any atom is 0.342 e. The molecule has 0 fully saturated rings. The SMILES string of the molecule is CCOC(=O)c1ccc(NC=C(C#N)C#N)c2c1OCCO2. The fraction of sp³-hybridized carbons (Fsp3) is 0.267. The van der Waals surface area contributed by atoms with Crippen molar-refractivity contribution in [1.29, 1.82) is 10.5 Å². The number of carbonyl (C=O) groups is 1. The number of anilines is 1. The topological polar surface area (TPSA) is 104 Å². The molecule has 1 aliphatic heterocycles. The number of hydrogen-bond acceptors (Lipinski definition) is 7. The Balaban J connectivity index is 2.38. The number of nitriles is 2. The van der Waals surface area contributed by atoms with Crippen LogP contribution < -0.4 is 14.8 Å². The van der Waals surface area contributed by atoms with E-state index < -0.39 is 5.97 Å². The number of esters is 1. The number of hydrogen-bond donors (Lipinski definition) is 1. The van der Waals surface area contributed by atoms with Gasteiger partial charge in [0, 0.05) is 6.20 Å². The minimum atomic E-state index is -0.499. The zero-order valence-corrected chi connectivity index (χ0v) is 11.9. The zero-order valence-electron chi connectivity index (χ0n) is 11.9. The van der Waals surface area contributed by atoms with Crippen molar-refractivity contribution in [2.24, 2.45) is 0 Å². The average molecular weight is 299 g/mol. The molecule has 22 heavy (non-hydrogen) atoms. The van der Waals surface area contributed by atoms with Crippen LogP contribution in [-0.2, 0) is 4.74 Å². The monoisotopic (exact) mass is 299 g/mol. The Hall–Kier alpha value is -3.19. The van der Waals surface area contributed by atoms with Crippen molar-refractivity contribution in [2.75, 3.05) is 25.1 Å². The van der Waals surface area contributed by atoms with Crippen LogP contribution in [0, 0.1) is 22.7 Å². The molecule has 1 aliphatic rings. The van der Waals surface area contributed by atoms with Gasteiger partial charge >= 0.3 is 5.97 Å². The van der Waals surface area contributed by atoms with Crippen molar-refractivity contribution < 1.29 is 19.0 Å². The van der Waals surface area contributed by atoms with Crippen LogP contribution in [0.15, 0.2) is 23.9 Å². The van der Waals surface area contributed by atoms with E-state index in [9.17, 15) is 4.79 Å². The molecule has 1 heterocycles. The van der Waals surface area contributed by atoms with Crippen LogP contribution in [0.4, 0.5) is 5.69 Å². The van der Waals surface area contributed by atoms with Crippen molar-refractivity contribution in [3.05, 3.63) is 29.5 Å². The smallest absolute Gasteiger partial charge is 0.342 e. The van der Waals surface area contributed by atoms with Gasteiger partial charge in [0.15, 0.2) is 11.5 Å². The van der Waals surface area contributed by atoms with Gasteiger partial charge in [-0.3, -0.25) is 0 Å². The van der Waals surface area contributed by atoms with E-state index in [1.54, 1.807) is 31.2 Å². The summed E-state index contributed by atoms with van der Waals surface area (Å²) in [5.41, 5.74) is 0.678. The normalized spacial score (nSPS) is 11.6. The highest BCUT2D eigenvalue weighted by Gasteiger charge is 2.24. The van der Waals surface area contributed by atoms with Crippen LogP contribution in [0.2, 0.25) is 0 Å². The lowest BCUT2D eigenvalue weighted by atomic mass is 10.1. The van der Waals surface area contributed by atoms with Gasteiger partial charge in [-0.2, -0.15) is 10.5 Å². The Kier molecular flexibility index (Phi) is 4.84. The summed E-state index contributed by atoms with van der Waals surface area (Å²) in [7, 11) is 0. The van der Waals surface area contributed by atoms with Gasteiger partial charge in [-0.05, 0) is 19.1 Å². The van der Waals surface area contributed by atoms with E-state index in [0.717, 1.165) is 0 Å². The van der Waals surface area contributed by atoms with Crippen molar-refractivity contribution >= 4 is 11.7 Å². The highest BCUT2D eigenvalue weighted by molar-refractivity contribution is 5.95. The lowest BCUT2D eigenvalue weighted by molar-refractivity contribution is 0.0516. The average Bonchev–Trinajstić information content (AvgIpc) is 2.55. The quantitative estimate of drug-likeness (QED) is 0.669. The van der Waals surface area contributed by atoms with Gasteiger partial charge in [-0.25, -0.2) is 4.79 Å². The van der Waals surface area contributed by atoms with Gasteiger partial charge in [0.05, 0.1) is 12.3 Å². The van der Waals surface area contributed by atoms with E-state index >= 15 is 0 Å². The summed E-state index contributed by atoms with van der Waals surface area (Å²) in [5, 5.41) is 20.2. The van der Waals surface area contributed by atoms with Crippen molar-refractivity contribution in [1.82, 2.24) is 0 Å². The molecule has 7 nitrogen and oxygen atoms in total. The second-order valence-corrected chi connectivity index (χ2v) is 4.16. The van der Waals surface area contributed by atoms with Crippen molar-refractivity contribution in [3.8, 4) is 23.6 Å². The highest BCUT2D eigenvalue weighted by Crippen LogP contribution is 2.40. The molecule has 7 heteroatoms. The standard InChI is InChI=1S/C15H13N3O4/c1-2-20-15(19)11-3-4-12(18-9-10(7-16)8-17)14-13(11)21-5-6-22-14/h3-4,9,18H,2,5-6H2,1H3. The second kappa shape index (κ2) is 7.00. The summed E-state index contributed by atoms with van der Waals surface area (Å²) in [4.78, 5) is 11.9. The molecule has 1 N–H and O–H groups in total. The molecular formula is C15H13N3O4. The number of carbonyl (C=O) groups excluding carboxylic acids is 1. The van der Waals surface area contributed by atoms with Crippen LogP contribution in [-0.4, -0.2) is 25.8 Å². The number of rotatable bonds is 4. The summed E-state index contributed by atoms with van der Waals surface area (Å²) < 4.78 is 16.0. The van der Waals surface area contributed by atoms with Crippen LogP contribution in [0.25, 0.3) is 0 Å². The van der Waals surface area contributed by atoms with Crippen LogP contribution in [0.5, 0.6) is 11.5 Å². The molecule has 0 saturated heterocycles. The Morgan fingerprint density at radius 1 is 1.32 bits per heavy atom. The molecule has 1 aromatic rings. The molecule has 0 atom stereocenters. The molecular weight excluding hydrogens is 286 g/mol.